The lowest BCUT2D eigenvalue weighted by Crippen LogP contribution is -2.07. The summed E-state index contributed by atoms with van der Waals surface area (Å²) >= 11 is 9.29. The number of aromatic carboxylic acids is 1. The van der Waals surface area contributed by atoms with Crippen molar-refractivity contribution in [2.24, 2.45) is 0 Å². The molecule has 0 aliphatic rings. The summed E-state index contributed by atoms with van der Waals surface area (Å²) in [5, 5.41) is 12.0. The smallest absolute Gasteiger partial charge is 0.338 e. The van der Waals surface area contributed by atoms with Crippen LogP contribution in [0.1, 0.15) is 15.9 Å². The Labute approximate surface area is 132 Å². The second kappa shape index (κ2) is 6.41. The number of nitrogens with one attached hydrogen (secondary N) is 1. The molecule has 2 rings (SSSR count). The van der Waals surface area contributed by atoms with E-state index in [0.29, 0.717) is 16.7 Å². The third kappa shape index (κ3) is 3.71. The van der Waals surface area contributed by atoms with Gasteiger partial charge in [-0.05, 0) is 23.8 Å². The molecular formula is C14H9BrClF2NO2. The van der Waals surface area contributed by atoms with E-state index < -0.39 is 23.2 Å². The van der Waals surface area contributed by atoms with Crippen molar-refractivity contribution < 1.29 is 18.7 Å². The summed E-state index contributed by atoms with van der Waals surface area (Å²) in [5.74, 6) is -3.45. The average Bonchev–Trinajstić information content (AvgIpc) is 2.39. The first kappa shape index (κ1) is 15.7. The number of carbonyl (C=O) groups is 1. The van der Waals surface area contributed by atoms with Gasteiger partial charge in [-0.2, -0.15) is 0 Å². The van der Waals surface area contributed by atoms with Gasteiger partial charge in [-0.25, -0.2) is 13.6 Å². The SMILES string of the molecule is O=C(O)c1cc(NCc2ccc(Br)cc2Cl)c(F)cc1F. The largest absolute Gasteiger partial charge is 0.478 e. The van der Waals surface area contributed by atoms with Gasteiger partial charge in [0.25, 0.3) is 0 Å². The molecule has 0 heterocycles. The maximum Gasteiger partial charge on any atom is 0.338 e. The Bertz CT molecular complexity index is 710. The van der Waals surface area contributed by atoms with E-state index in [1.807, 2.05) is 0 Å². The number of hydrogen-bond donors (Lipinski definition) is 2. The Hall–Kier alpha value is -1.66. The van der Waals surface area contributed by atoms with Gasteiger partial charge in [-0.15, -0.1) is 0 Å². The Morgan fingerprint density at radius 1 is 1.24 bits per heavy atom. The quantitative estimate of drug-likeness (QED) is 0.814. The average molecular weight is 377 g/mol. The predicted octanol–water partition coefficient (Wildman–Crippen LogP) is 4.69. The van der Waals surface area contributed by atoms with Crippen molar-refractivity contribution in [1.29, 1.82) is 0 Å². The van der Waals surface area contributed by atoms with Gasteiger partial charge in [0.05, 0.1) is 11.3 Å². The number of rotatable bonds is 4. The van der Waals surface area contributed by atoms with Crippen LogP contribution in [0.3, 0.4) is 0 Å². The second-order valence-corrected chi connectivity index (χ2v) is 5.53. The van der Waals surface area contributed by atoms with Crippen LogP contribution in [0.2, 0.25) is 5.02 Å². The van der Waals surface area contributed by atoms with Crippen molar-refractivity contribution in [1.82, 2.24) is 0 Å². The van der Waals surface area contributed by atoms with Crippen LogP contribution in [0.4, 0.5) is 14.5 Å². The summed E-state index contributed by atoms with van der Waals surface area (Å²) in [7, 11) is 0. The van der Waals surface area contributed by atoms with Gasteiger partial charge < -0.3 is 10.4 Å². The van der Waals surface area contributed by atoms with Gasteiger partial charge in [0, 0.05) is 22.1 Å². The molecule has 0 atom stereocenters. The molecule has 0 unspecified atom stereocenters. The number of anilines is 1. The molecule has 2 aromatic carbocycles. The number of carboxylic acid groups (broad SMARTS) is 1. The maximum atomic E-state index is 13.6. The fraction of sp³-hybridized carbons (Fsp3) is 0.0714. The van der Waals surface area contributed by atoms with E-state index in [4.69, 9.17) is 16.7 Å². The van der Waals surface area contributed by atoms with E-state index in [0.717, 1.165) is 10.5 Å². The molecule has 7 heteroatoms. The number of carboxylic acids is 1. The van der Waals surface area contributed by atoms with Gasteiger partial charge in [-0.3, -0.25) is 0 Å². The van der Waals surface area contributed by atoms with Crippen LogP contribution in [0, 0.1) is 11.6 Å². The minimum Gasteiger partial charge on any atom is -0.478 e. The van der Waals surface area contributed by atoms with E-state index in [9.17, 15) is 13.6 Å². The van der Waals surface area contributed by atoms with Crippen molar-refractivity contribution in [3.8, 4) is 0 Å². The van der Waals surface area contributed by atoms with Crippen LogP contribution in [-0.4, -0.2) is 11.1 Å². The molecule has 0 amide bonds. The van der Waals surface area contributed by atoms with Gasteiger partial charge >= 0.3 is 5.97 Å². The molecule has 0 fully saturated rings. The molecule has 2 N–H and O–H groups in total. The topological polar surface area (TPSA) is 49.3 Å². The number of halogens is 4. The van der Waals surface area contributed by atoms with Crippen LogP contribution in [-0.2, 0) is 6.54 Å². The minimum absolute atomic E-state index is 0.104. The molecule has 2 aromatic rings. The van der Waals surface area contributed by atoms with E-state index in [1.165, 1.54) is 0 Å². The van der Waals surface area contributed by atoms with E-state index in [1.54, 1.807) is 18.2 Å². The highest BCUT2D eigenvalue weighted by Gasteiger charge is 2.15. The number of hydrogen-bond acceptors (Lipinski definition) is 2. The normalized spacial score (nSPS) is 10.5. The zero-order chi connectivity index (χ0) is 15.6. The Balaban J connectivity index is 2.23. The summed E-state index contributed by atoms with van der Waals surface area (Å²) in [6.07, 6.45) is 0. The third-order valence-electron chi connectivity index (χ3n) is 2.77. The molecule has 0 radical (unpaired) electrons. The molecule has 0 aliphatic heterocycles. The van der Waals surface area contributed by atoms with E-state index in [2.05, 4.69) is 21.2 Å². The molecule has 0 saturated heterocycles. The van der Waals surface area contributed by atoms with Crippen molar-refractivity contribution >= 4 is 39.2 Å². The zero-order valence-electron chi connectivity index (χ0n) is 10.5. The highest BCUT2D eigenvalue weighted by molar-refractivity contribution is 9.10. The highest BCUT2D eigenvalue weighted by atomic mass is 79.9. The van der Waals surface area contributed by atoms with Gasteiger partial charge in [0.15, 0.2) is 0 Å². The Morgan fingerprint density at radius 2 is 1.95 bits per heavy atom. The van der Waals surface area contributed by atoms with E-state index >= 15 is 0 Å². The van der Waals surface area contributed by atoms with E-state index in [-0.39, 0.29) is 12.2 Å². The van der Waals surface area contributed by atoms with Gasteiger partial charge in [-0.1, -0.05) is 33.6 Å². The summed E-state index contributed by atoms with van der Waals surface area (Å²) in [6, 6.07) is 6.64. The molecule has 3 nitrogen and oxygen atoms in total. The zero-order valence-corrected chi connectivity index (χ0v) is 12.8. The van der Waals surface area contributed by atoms with Crippen molar-refractivity contribution in [2.75, 3.05) is 5.32 Å². The van der Waals surface area contributed by atoms with Crippen LogP contribution in [0.15, 0.2) is 34.8 Å². The van der Waals surface area contributed by atoms with Gasteiger partial charge in [0.1, 0.15) is 11.6 Å². The Kier molecular flexibility index (Phi) is 4.80. The van der Waals surface area contributed by atoms with Crippen LogP contribution in [0.5, 0.6) is 0 Å². The molecule has 0 saturated carbocycles. The van der Waals surface area contributed by atoms with Crippen LogP contribution in [0.25, 0.3) is 0 Å². The monoisotopic (exact) mass is 375 g/mol. The minimum atomic E-state index is -1.46. The summed E-state index contributed by atoms with van der Waals surface area (Å²) in [5.41, 5.74) is -0.00550. The lowest BCUT2D eigenvalue weighted by atomic mass is 10.1. The molecule has 21 heavy (non-hydrogen) atoms. The van der Waals surface area contributed by atoms with Crippen molar-refractivity contribution in [2.45, 2.75) is 6.54 Å². The summed E-state index contributed by atoms with van der Waals surface area (Å²) < 4.78 is 27.7. The first-order valence-electron chi connectivity index (χ1n) is 5.78. The number of benzene rings is 2. The lowest BCUT2D eigenvalue weighted by molar-refractivity contribution is 0.0692. The van der Waals surface area contributed by atoms with Crippen molar-refractivity contribution in [3.05, 3.63) is 62.6 Å². The molecule has 0 bridgehead atoms. The first-order chi connectivity index (χ1) is 9.88. The Morgan fingerprint density at radius 3 is 2.57 bits per heavy atom. The predicted molar refractivity (Wildman–Crippen MR) is 79.8 cm³/mol. The standard InChI is InChI=1S/C14H9BrClF2NO2/c15-8-2-1-7(10(16)3-8)6-19-13-4-9(14(20)21)11(17)5-12(13)18/h1-5,19H,6H2,(H,20,21). The fourth-order valence-electron chi connectivity index (χ4n) is 1.70. The van der Waals surface area contributed by atoms with Crippen LogP contribution >= 0.6 is 27.5 Å². The van der Waals surface area contributed by atoms with Crippen molar-refractivity contribution in [3.63, 3.8) is 0 Å². The lowest BCUT2D eigenvalue weighted by Gasteiger charge is -2.10. The maximum absolute atomic E-state index is 13.6. The molecular weight excluding hydrogens is 368 g/mol. The molecule has 0 spiro atoms. The first-order valence-corrected chi connectivity index (χ1v) is 6.95. The molecule has 0 aromatic heterocycles. The highest BCUT2D eigenvalue weighted by Crippen LogP contribution is 2.24. The van der Waals surface area contributed by atoms with Gasteiger partial charge in [0.2, 0.25) is 0 Å². The van der Waals surface area contributed by atoms with Crippen LogP contribution < -0.4 is 5.32 Å². The summed E-state index contributed by atoms with van der Waals surface area (Å²) in [4.78, 5) is 10.8. The molecule has 110 valence electrons. The summed E-state index contributed by atoms with van der Waals surface area (Å²) in [6.45, 7) is 0.174. The fourth-order valence-corrected chi connectivity index (χ4v) is 2.44. The third-order valence-corrected chi connectivity index (χ3v) is 3.62. The second-order valence-electron chi connectivity index (χ2n) is 4.21. The molecule has 0 aliphatic carbocycles.